The molecule has 3 rings (SSSR count). The van der Waals surface area contributed by atoms with Crippen molar-refractivity contribution in [1.29, 1.82) is 0 Å². The molecule has 108 valence electrons. The third kappa shape index (κ3) is 2.90. The Morgan fingerprint density at radius 3 is 2.65 bits per heavy atom. The van der Waals surface area contributed by atoms with Crippen LogP contribution in [0.4, 0.5) is 0 Å². The summed E-state index contributed by atoms with van der Waals surface area (Å²) in [4.78, 5) is 2.46. The number of likely N-dealkylation sites (tertiary alicyclic amines) is 1. The molecule has 0 N–H and O–H groups in total. The quantitative estimate of drug-likeness (QED) is 0.846. The van der Waals surface area contributed by atoms with Crippen LogP contribution in [-0.2, 0) is 20.1 Å². The molecule has 0 bridgehead atoms. The molecule has 0 atom stereocenters. The molecular formula is C14H22N6. The van der Waals surface area contributed by atoms with E-state index in [9.17, 15) is 0 Å². The van der Waals surface area contributed by atoms with Crippen molar-refractivity contribution in [3.05, 3.63) is 29.8 Å². The zero-order valence-electron chi connectivity index (χ0n) is 12.2. The molecule has 1 aliphatic rings. The van der Waals surface area contributed by atoms with Gasteiger partial charge in [-0.05, 0) is 44.3 Å². The van der Waals surface area contributed by atoms with Gasteiger partial charge in [0.15, 0.2) is 0 Å². The second-order valence-corrected chi connectivity index (χ2v) is 5.56. The zero-order valence-corrected chi connectivity index (χ0v) is 12.2. The number of aromatic nitrogens is 5. The van der Waals surface area contributed by atoms with Gasteiger partial charge >= 0.3 is 0 Å². The molecule has 0 saturated carbocycles. The van der Waals surface area contributed by atoms with E-state index in [0.29, 0.717) is 5.92 Å². The highest BCUT2D eigenvalue weighted by atomic mass is 15.4. The number of hydrogen-bond acceptors (Lipinski definition) is 4. The van der Waals surface area contributed by atoms with Gasteiger partial charge in [-0.2, -0.15) is 5.10 Å². The average Bonchev–Trinajstić information content (AvgIpc) is 3.09. The zero-order chi connectivity index (χ0) is 13.9. The van der Waals surface area contributed by atoms with E-state index in [2.05, 4.69) is 33.4 Å². The van der Waals surface area contributed by atoms with E-state index in [1.807, 2.05) is 24.1 Å². The molecule has 1 saturated heterocycles. The van der Waals surface area contributed by atoms with E-state index in [1.54, 1.807) is 4.68 Å². The Bertz CT molecular complexity index is 550. The minimum atomic E-state index is 0.661. The van der Waals surface area contributed by atoms with Gasteiger partial charge in [0.1, 0.15) is 0 Å². The normalized spacial score (nSPS) is 17.7. The first kappa shape index (κ1) is 13.3. The van der Waals surface area contributed by atoms with Gasteiger partial charge in [-0.1, -0.05) is 5.21 Å². The smallest absolute Gasteiger partial charge is 0.0966 e. The van der Waals surface area contributed by atoms with Crippen molar-refractivity contribution >= 4 is 0 Å². The SMILES string of the molecule is CCn1cc(C2CCN(Cc3cn(C)nn3)CC2)cn1. The van der Waals surface area contributed by atoms with Gasteiger partial charge < -0.3 is 0 Å². The van der Waals surface area contributed by atoms with Crippen LogP contribution in [0.3, 0.4) is 0 Å². The molecule has 0 amide bonds. The van der Waals surface area contributed by atoms with Crippen LogP contribution in [-0.4, -0.2) is 42.8 Å². The average molecular weight is 274 g/mol. The summed E-state index contributed by atoms with van der Waals surface area (Å²) in [5, 5.41) is 12.5. The van der Waals surface area contributed by atoms with E-state index in [4.69, 9.17) is 0 Å². The first-order valence-electron chi connectivity index (χ1n) is 7.34. The highest BCUT2D eigenvalue weighted by molar-refractivity contribution is 5.12. The van der Waals surface area contributed by atoms with Gasteiger partial charge in [0.25, 0.3) is 0 Å². The van der Waals surface area contributed by atoms with E-state index in [1.165, 1.54) is 18.4 Å². The van der Waals surface area contributed by atoms with Gasteiger partial charge in [-0.3, -0.25) is 14.3 Å². The first-order valence-corrected chi connectivity index (χ1v) is 7.34. The number of piperidine rings is 1. The molecular weight excluding hydrogens is 252 g/mol. The molecule has 2 aromatic heterocycles. The Balaban J connectivity index is 1.54. The summed E-state index contributed by atoms with van der Waals surface area (Å²) < 4.78 is 3.78. The van der Waals surface area contributed by atoms with Crippen LogP contribution in [0.1, 0.15) is 36.9 Å². The molecule has 1 aliphatic heterocycles. The fourth-order valence-corrected chi connectivity index (χ4v) is 2.88. The van der Waals surface area contributed by atoms with Crippen LogP contribution >= 0.6 is 0 Å². The van der Waals surface area contributed by atoms with Crippen LogP contribution in [0.2, 0.25) is 0 Å². The highest BCUT2D eigenvalue weighted by Crippen LogP contribution is 2.28. The topological polar surface area (TPSA) is 51.8 Å². The largest absolute Gasteiger partial charge is 0.297 e. The summed E-state index contributed by atoms with van der Waals surface area (Å²) in [6.45, 7) is 6.23. The van der Waals surface area contributed by atoms with Crippen molar-refractivity contribution in [3.63, 3.8) is 0 Å². The summed E-state index contributed by atoms with van der Waals surface area (Å²) in [5.41, 5.74) is 2.45. The molecule has 0 spiro atoms. The lowest BCUT2D eigenvalue weighted by Crippen LogP contribution is -2.32. The molecule has 3 heterocycles. The highest BCUT2D eigenvalue weighted by Gasteiger charge is 2.22. The van der Waals surface area contributed by atoms with Crippen molar-refractivity contribution in [2.75, 3.05) is 13.1 Å². The van der Waals surface area contributed by atoms with Crippen LogP contribution in [0.5, 0.6) is 0 Å². The Hall–Kier alpha value is -1.69. The Morgan fingerprint density at radius 2 is 2.05 bits per heavy atom. The molecule has 1 fully saturated rings. The fourth-order valence-electron chi connectivity index (χ4n) is 2.88. The third-order valence-electron chi connectivity index (χ3n) is 4.07. The van der Waals surface area contributed by atoms with Crippen molar-refractivity contribution in [1.82, 2.24) is 29.7 Å². The summed E-state index contributed by atoms with van der Waals surface area (Å²) in [7, 11) is 1.91. The van der Waals surface area contributed by atoms with Crippen LogP contribution < -0.4 is 0 Å². The predicted octanol–water partition coefficient (Wildman–Crippen LogP) is 1.41. The van der Waals surface area contributed by atoms with Crippen LogP contribution in [0, 0.1) is 0 Å². The number of rotatable bonds is 4. The Morgan fingerprint density at radius 1 is 1.25 bits per heavy atom. The molecule has 2 aromatic rings. The third-order valence-corrected chi connectivity index (χ3v) is 4.07. The van der Waals surface area contributed by atoms with Crippen LogP contribution in [0.15, 0.2) is 18.6 Å². The molecule has 0 unspecified atom stereocenters. The first-order chi connectivity index (χ1) is 9.74. The number of nitrogens with zero attached hydrogens (tertiary/aromatic N) is 6. The molecule has 0 radical (unpaired) electrons. The molecule has 0 aromatic carbocycles. The van der Waals surface area contributed by atoms with Crippen LogP contribution in [0.25, 0.3) is 0 Å². The van der Waals surface area contributed by atoms with Crippen molar-refractivity contribution < 1.29 is 0 Å². The van der Waals surface area contributed by atoms with Gasteiger partial charge in [-0.25, -0.2) is 0 Å². The molecule has 6 heteroatoms. The molecule has 20 heavy (non-hydrogen) atoms. The number of hydrogen-bond donors (Lipinski definition) is 0. The van der Waals surface area contributed by atoms with Gasteiger partial charge in [0.2, 0.25) is 0 Å². The minimum absolute atomic E-state index is 0.661. The Labute approximate surface area is 119 Å². The van der Waals surface area contributed by atoms with Gasteiger partial charge in [0.05, 0.1) is 11.9 Å². The maximum absolute atomic E-state index is 4.38. The maximum atomic E-state index is 4.38. The predicted molar refractivity (Wildman–Crippen MR) is 76.2 cm³/mol. The van der Waals surface area contributed by atoms with E-state index >= 15 is 0 Å². The molecule has 0 aliphatic carbocycles. The summed E-state index contributed by atoms with van der Waals surface area (Å²) in [6, 6.07) is 0. The minimum Gasteiger partial charge on any atom is -0.297 e. The summed E-state index contributed by atoms with van der Waals surface area (Å²) in [6.07, 6.45) is 8.64. The standard InChI is InChI=1S/C14H22N6/c1-3-20-9-13(8-15-20)12-4-6-19(7-5-12)11-14-10-18(2)17-16-14/h8-10,12H,3-7,11H2,1-2H3. The van der Waals surface area contributed by atoms with Crippen molar-refractivity contribution in [2.45, 2.75) is 38.8 Å². The number of aryl methyl sites for hydroxylation is 2. The lowest BCUT2D eigenvalue weighted by atomic mass is 9.91. The van der Waals surface area contributed by atoms with Crippen molar-refractivity contribution in [2.24, 2.45) is 7.05 Å². The monoisotopic (exact) mass is 274 g/mol. The van der Waals surface area contributed by atoms with Gasteiger partial charge in [-0.15, -0.1) is 5.10 Å². The van der Waals surface area contributed by atoms with E-state index < -0.39 is 0 Å². The Kier molecular flexibility index (Phi) is 3.82. The fraction of sp³-hybridized carbons (Fsp3) is 0.643. The second-order valence-electron chi connectivity index (χ2n) is 5.56. The van der Waals surface area contributed by atoms with Crippen molar-refractivity contribution in [3.8, 4) is 0 Å². The molecule has 6 nitrogen and oxygen atoms in total. The lowest BCUT2D eigenvalue weighted by Gasteiger charge is -2.30. The van der Waals surface area contributed by atoms with E-state index in [0.717, 1.165) is 31.9 Å². The second kappa shape index (κ2) is 5.75. The van der Waals surface area contributed by atoms with Gasteiger partial charge in [0, 0.05) is 32.5 Å². The summed E-state index contributed by atoms with van der Waals surface area (Å²) in [5.74, 6) is 0.661. The lowest BCUT2D eigenvalue weighted by molar-refractivity contribution is 0.202. The van der Waals surface area contributed by atoms with E-state index in [-0.39, 0.29) is 0 Å². The summed E-state index contributed by atoms with van der Waals surface area (Å²) >= 11 is 0. The maximum Gasteiger partial charge on any atom is 0.0966 e.